The van der Waals surface area contributed by atoms with Gasteiger partial charge in [-0.25, -0.2) is 22.2 Å². The topological polar surface area (TPSA) is 71.5 Å². The lowest BCUT2D eigenvalue weighted by Gasteiger charge is -2.46. The first-order valence-electron chi connectivity index (χ1n) is 12.5. The molecule has 6 nitrogen and oxygen atoms in total. The van der Waals surface area contributed by atoms with Crippen molar-refractivity contribution in [2.75, 3.05) is 17.9 Å². The Morgan fingerprint density at radius 1 is 1.15 bits per heavy atom. The quantitative estimate of drug-likeness (QED) is 0.306. The van der Waals surface area contributed by atoms with Gasteiger partial charge in [-0.1, -0.05) is 18.7 Å². The maximum atomic E-state index is 15.3. The van der Waals surface area contributed by atoms with Crippen LogP contribution in [0.4, 0.5) is 27.1 Å². The minimum absolute atomic E-state index is 0.0239. The Bertz CT molecular complexity index is 1530. The minimum Gasteiger partial charge on any atom is -0.493 e. The van der Waals surface area contributed by atoms with Gasteiger partial charge in [0, 0.05) is 47.3 Å². The lowest BCUT2D eigenvalue weighted by atomic mass is 9.83. The number of hydrogen-bond donors (Lipinski definition) is 1. The predicted molar refractivity (Wildman–Crippen MR) is 142 cm³/mol. The fourth-order valence-corrected chi connectivity index (χ4v) is 7.30. The number of aromatic nitrogens is 1. The molecular weight excluding hydrogens is 573 g/mol. The molecule has 0 radical (unpaired) electrons. The standard InChI is InChI=1S/C27H26F5N3O3S2/c1-15(2)18-4-3-16(11-20(18)28)23-12-17(27(30,31)32)5-8-35(23)22-6-9-38-24-14-25(21(29)13-19(22)24)40(36,37)34-26-33-7-10-39-26/h3-4,7,10-11,13-14,17,22-23H,1,5-6,8-9,12H2,2H3,(H,33,34)/t17-,22-,23+/m1/s1. The third-order valence-corrected chi connectivity index (χ3v) is 9.53. The summed E-state index contributed by atoms with van der Waals surface area (Å²) >= 11 is 1.03. The number of likely N-dealkylation sites (tertiary alicyclic amines) is 1. The molecule has 13 heteroatoms. The number of rotatable bonds is 6. The highest BCUT2D eigenvalue weighted by Crippen LogP contribution is 2.48. The molecule has 0 bridgehead atoms. The van der Waals surface area contributed by atoms with Crippen LogP contribution in [0.1, 0.15) is 55.0 Å². The maximum absolute atomic E-state index is 15.3. The summed E-state index contributed by atoms with van der Waals surface area (Å²) in [6, 6.07) is 5.10. The Morgan fingerprint density at radius 2 is 1.93 bits per heavy atom. The molecule has 5 rings (SSSR count). The predicted octanol–water partition coefficient (Wildman–Crippen LogP) is 7.09. The van der Waals surface area contributed by atoms with Gasteiger partial charge in [-0.2, -0.15) is 13.2 Å². The van der Waals surface area contributed by atoms with E-state index < -0.39 is 50.7 Å². The summed E-state index contributed by atoms with van der Waals surface area (Å²) in [5, 5.41) is 1.63. The highest BCUT2D eigenvalue weighted by Gasteiger charge is 2.47. The van der Waals surface area contributed by atoms with Gasteiger partial charge in [0.15, 0.2) is 5.13 Å². The first-order chi connectivity index (χ1) is 18.8. The molecule has 1 fully saturated rings. The number of ether oxygens (including phenoxy) is 1. The Kier molecular flexibility index (Phi) is 7.66. The zero-order valence-corrected chi connectivity index (χ0v) is 23.0. The van der Waals surface area contributed by atoms with E-state index in [0.29, 0.717) is 23.1 Å². The molecule has 1 aromatic heterocycles. The van der Waals surface area contributed by atoms with Gasteiger partial charge in [0.1, 0.15) is 22.3 Å². The summed E-state index contributed by atoms with van der Waals surface area (Å²) < 4.78 is 105. The van der Waals surface area contributed by atoms with E-state index in [-0.39, 0.29) is 42.4 Å². The van der Waals surface area contributed by atoms with Gasteiger partial charge >= 0.3 is 6.18 Å². The fraction of sp³-hybridized carbons (Fsp3) is 0.370. The van der Waals surface area contributed by atoms with E-state index in [0.717, 1.165) is 23.5 Å². The summed E-state index contributed by atoms with van der Waals surface area (Å²) in [5.74, 6) is -3.08. The highest BCUT2D eigenvalue weighted by molar-refractivity contribution is 7.93. The number of sulfonamides is 1. The molecule has 0 aliphatic carbocycles. The number of piperidine rings is 1. The molecule has 2 aliphatic rings. The largest absolute Gasteiger partial charge is 0.493 e. The van der Waals surface area contributed by atoms with E-state index in [2.05, 4.69) is 16.3 Å². The van der Waals surface area contributed by atoms with Gasteiger partial charge in [-0.3, -0.25) is 9.62 Å². The number of hydrogen-bond acceptors (Lipinski definition) is 6. The fourth-order valence-electron chi connectivity index (χ4n) is 5.43. The molecule has 2 aliphatic heterocycles. The monoisotopic (exact) mass is 599 g/mol. The highest BCUT2D eigenvalue weighted by atomic mass is 32.2. The molecule has 0 amide bonds. The summed E-state index contributed by atoms with van der Waals surface area (Å²) in [7, 11) is -4.33. The first-order valence-corrected chi connectivity index (χ1v) is 14.9. The van der Waals surface area contributed by atoms with Crippen LogP contribution in [0.2, 0.25) is 0 Å². The van der Waals surface area contributed by atoms with E-state index in [9.17, 15) is 26.0 Å². The number of halogens is 5. The zero-order valence-electron chi connectivity index (χ0n) is 21.3. The van der Waals surface area contributed by atoms with Crippen LogP contribution < -0.4 is 9.46 Å². The van der Waals surface area contributed by atoms with E-state index in [1.165, 1.54) is 18.3 Å². The van der Waals surface area contributed by atoms with Crippen LogP contribution in [-0.2, 0) is 10.0 Å². The van der Waals surface area contributed by atoms with E-state index >= 15 is 4.39 Å². The van der Waals surface area contributed by atoms with E-state index in [4.69, 9.17) is 4.74 Å². The van der Waals surface area contributed by atoms with Crippen molar-refractivity contribution < 1.29 is 35.1 Å². The van der Waals surface area contributed by atoms with Crippen molar-refractivity contribution >= 4 is 32.1 Å². The number of thiazole rings is 1. The summed E-state index contributed by atoms with van der Waals surface area (Å²) in [4.78, 5) is 5.04. The van der Waals surface area contributed by atoms with Crippen molar-refractivity contribution in [3.8, 4) is 5.75 Å². The van der Waals surface area contributed by atoms with Crippen molar-refractivity contribution in [1.29, 1.82) is 0 Å². The van der Waals surface area contributed by atoms with Gasteiger partial charge in [0.25, 0.3) is 10.0 Å². The van der Waals surface area contributed by atoms with Crippen molar-refractivity contribution in [3.63, 3.8) is 0 Å². The normalized spacial score (nSPS) is 21.9. The molecule has 3 aromatic rings. The van der Waals surface area contributed by atoms with Crippen LogP contribution in [-0.4, -0.2) is 37.6 Å². The molecule has 2 aromatic carbocycles. The second kappa shape index (κ2) is 10.7. The molecule has 1 saturated heterocycles. The third-order valence-electron chi connectivity index (χ3n) is 7.36. The van der Waals surface area contributed by atoms with E-state index in [1.54, 1.807) is 18.4 Å². The molecule has 3 atom stereocenters. The third kappa shape index (κ3) is 5.59. The van der Waals surface area contributed by atoms with E-state index in [1.807, 2.05) is 4.90 Å². The average Bonchev–Trinajstić information content (AvgIpc) is 3.39. The molecule has 0 spiro atoms. The number of fused-ring (bicyclic) bond motifs is 1. The number of nitrogens with one attached hydrogen (secondary N) is 1. The average molecular weight is 600 g/mol. The van der Waals surface area contributed by atoms with Crippen molar-refractivity contribution in [1.82, 2.24) is 9.88 Å². The molecular formula is C27H26F5N3O3S2. The second-order valence-corrected chi connectivity index (χ2v) is 12.5. The lowest BCUT2D eigenvalue weighted by Crippen LogP contribution is -2.44. The smallest absolute Gasteiger partial charge is 0.391 e. The lowest BCUT2D eigenvalue weighted by molar-refractivity contribution is -0.192. The maximum Gasteiger partial charge on any atom is 0.391 e. The number of alkyl halides is 3. The molecule has 0 unspecified atom stereocenters. The van der Waals surface area contributed by atoms with Gasteiger partial charge < -0.3 is 4.74 Å². The van der Waals surface area contributed by atoms with Crippen molar-refractivity contribution in [3.05, 3.63) is 76.8 Å². The Morgan fingerprint density at radius 3 is 2.58 bits per heavy atom. The Labute approximate surface area is 232 Å². The summed E-state index contributed by atoms with van der Waals surface area (Å²) in [5.41, 5.74) is 1.46. The number of allylic oxidation sites excluding steroid dienone is 1. The molecule has 3 heterocycles. The zero-order chi connectivity index (χ0) is 28.8. The molecule has 40 heavy (non-hydrogen) atoms. The van der Waals surface area contributed by atoms with Crippen LogP contribution in [0.5, 0.6) is 5.75 Å². The van der Waals surface area contributed by atoms with Crippen molar-refractivity contribution in [2.24, 2.45) is 5.92 Å². The minimum atomic E-state index is -4.42. The van der Waals surface area contributed by atoms with Crippen LogP contribution in [0.3, 0.4) is 0 Å². The van der Waals surface area contributed by atoms with Crippen LogP contribution >= 0.6 is 11.3 Å². The van der Waals surface area contributed by atoms with Crippen LogP contribution in [0.15, 0.2) is 53.4 Å². The van der Waals surface area contributed by atoms with Gasteiger partial charge in [-0.05, 0) is 49.6 Å². The van der Waals surface area contributed by atoms with Crippen LogP contribution in [0, 0.1) is 17.6 Å². The van der Waals surface area contributed by atoms with Crippen molar-refractivity contribution in [2.45, 2.75) is 49.3 Å². The Balaban J connectivity index is 1.52. The summed E-state index contributed by atoms with van der Waals surface area (Å²) in [6.07, 6.45) is -3.17. The van der Waals surface area contributed by atoms with Gasteiger partial charge in [-0.15, -0.1) is 11.3 Å². The molecule has 214 valence electrons. The molecule has 1 N–H and O–H groups in total. The first kappa shape index (κ1) is 28.5. The SMILES string of the molecule is C=C(C)c1ccc([C@@H]2C[C@H](C(F)(F)F)CCN2[C@@H]2CCOc3cc(S(=O)(=O)Nc4nccs4)c(F)cc32)cc1F. The van der Waals surface area contributed by atoms with Gasteiger partial charge in [0.2, 0.25) is 0 Å². The number of anilines is 1. The summed E-state index contributed by atoms with van der Waals surface area (Å²) in [6.45, 7) is 5.54. The second-order valence-electron chi connectivity index (χ2n) is 9.95. The molecule has 0 saturated carbocycles. The van der Waals surface area contributed by atoms with Crippen LogP contribution in [0.25, 0.3) is 5.57 Å². The Hall–Kier alpha value is -3.03. The number of benzene rings is 2. The number of nitrogens with zero attached hydrogens (tertiary/aromatic N) is 2. The van der Waals surface area contributed by atoms with Gasteiger partial charge in [0.05, 0.1) is 12.5 Å².